The standard InChI is InChI=1S/C22H17N5.C9H17NO.C2H6/c23-22-21-20(25-14-27(21)12-11-24-22)17-8-4-7-16-9-10-18(26-19(16)13-17)15-5-2-1-3-6-15;1-2-9(3-1)8-10-4-6-11-7-5-10;1-2/h1-7,9-14H,8H2,(H2,23,24);9H,1-8H2;1-2H3. The first-order valence-electron chi connectivity index (χ1n) is 14.6. The van der Waals surface area contributed by atoms with Gasteiger partial charge in [-0.2, -0.15) is 0 Å². The van der Waals surface area contributed by atoms with Gasteiger partial charge in [-0.05, 0) is 48.5 Å². The molecule has 40 heavy (non-hydrogen) atoms. The molecule has 1 aliphatic heterocycles. The monoisotopic (exact) mass is 536 g/mol. The van der Waals surface area contributed by atoms with Crippen LogP contribution in [0.3, 0.4) is 0 Å². The molecule has 0 atom stereocenters. The van der Waals surface area contributed by atoms with Gasteiger partial charge in [0.1, 0.15) is 17.7 Å². The Morgan fingerprint density at radius 3 is 2.55 bits per heavy atom. The Hall–Kier alpha value is -3.81. The third kappa shape index (κ3) is 6.49. The summed E-state index contributed by atoms with van der Waals surface area (Å²) in [6.45, 7) is 9.57. The molecular formula is C33H40N6O. The summed E-state index contributed by atoms with van der Waals surface area (Å²) in [4.78, 5) is 16.2. The van der Waals surface area contributed by atoms with E-state index >= 15 is 0 Å². The number of nitrogens with zero attached hydrogens (tertiary/aromatic N) is 5. The first-order chi connectivity index (χ1) is 19.7. The number of morpholine rings is 1. The van der Waals surface area contributed by atoms with Crippen LogP contribution in [0.15, 0.2) is 67.3 Å². The summed E-state index contributed by atoms with van der Waals surface area (Å²) in [5.41, 5.74) is 13.0. The number of rotatable bonds is 4. The number of hydrogen-bond donors (Lipinski definition) is 1. The zero-order chi connectivity index (χ0) is 27.7. The maximum absolute atomic E-state index is 6.11. The van der Waals surface area contributed by atoms with Crippen molar-refractivity contribution in [1.82, 2.24) is 24.3 Å². The van der Waals surface area contributed by atoms with Crippen molar-refractivity contribution < 1.29 is 4.74 Å². The summed E-state index contributed by atoms with van der Waals surface area (Å²) in [6.07, 6.45) is 16.8. The van der Waals surface area contributed by atoms with Gasteiger partial charge < -0.3 is 14.9 Å². The first-order valence-corrected chi connectivity index (χ1v) is 14.6. The molecule has 1 saturated carbocycles. The molecular weight excluding hydrogens is 496 g/mol. The van der Waals surface area contributed by atoms with Crippen molar-refractivity contribution in [2.75, 3.05) is 38.6 Å². The molecule has 4 heterocycles. The lowest BCUT2D eigenvalue weighted by Gasteiger charge is -2.34. The zero-order valence-corrected chi connectivity index (χ0v) is 23.7. The highest BCUT2D eigenvalue weighted by molar-refractivity contribution is 5.92. The van der Waals surface area contributed by atoms with E-state index < -0.39 is 0 Å². The van der Waals surface area contributed by atoms with Crippen LogP contribution in [-0.2, 0) is 4.74 Å². The molecule has 7 rings (SSSR count). The average Bonchev–Trinajstić information content (AvgIpc) is 3.32. The number of hydrogen-bond acceptors (Lipinski definition) is 6. The Kier molecular flexibility index (Phi) is 9.37. The lowest BCUT2D eigenvalue weighted by Crippen LogP contribution is -2.40. The minimum atomic E-state index is 0.477. The van der Waals surface area contributed by atoms with E-state index in [1.165, 1.54) is 25.8 Å². The number of ether oxygens (including phenoxy) is 1. The third-order valence-corrected chi connectivity index (χ3v) is 7.60. The van der Waals surface area contributed by atoms with Gasteiger partial charge in [-0.15, -0.1) is 0 Å². The quantitative estimate of drug-likeness (QED) is 0.322. The number of aromatic nitrogens is 4. The van der Waals surface area contributed by atoms with E-state index in [4.69, 9.17) is 15.5 Å². The fourth-order valence-electron chi connectivity index (χ4n) is 5.25. The van der Waals surface area contributed by atoms with Gasteiger partial charge in [-0.3, -0.25) is 4.90 Å². The van der Waals surface area contributed by atoms with Crippen LogP contribution in [0.5, 0.6) is 0 Å². The normalized spacial score (nSPS) is 16.9. The molecule has 7 heteroatoms. The molecule has 4 aromatic rings. The molecule has 0 unspecified atom stereocenters. The maximum atomic E-state index is 6.11. The van der Waals surface area contributed by atoms with E-state index in [0.717, 1.165) is 77.9 Å². The number of imidazole rings is 1. The molecule has 0 radical (unpaired) electrons. The van der Waals surface area contributed by atoms with Crippen molar-refractivity contribution in [3.63, 3.8) is 0 Å². The second-order valence-electron chi connectivity index (χ2n) is 10.2. The Labute approximate surface area is 237 Å². The van der Waals surface area contributed by atoms with Crippen LogP contribution in [0.2, 0.25) is 0 Å². The molecule has 2 aliphatic carbocycles. The van der Waals surface area contributed by atoms with Crippen LogP contribution in [0.4, 0.5) is 5.82 Å². The fraction of sp³-hybridized carbons (Fsp3) is 0.364. The van der Waals surface area contributed by atoms with Gasteiger partial charge in [-0.25, -0.2) is 15.0 Å². The highest BCUT2D eigenvalue weighted by atomic mass is 16.5. The van der Waals surface area contributed by atoms with Crippen LogP contribution < -0.4 is 5.73 Å². The molecule has 208 valence electrons. The topological polar surface area (TPSA) is 81.6 Å². The number of benzene rings is 1. The van der Waals surface area contributed by atoms with Gasteiger partial charge in [0.15, 0.2) is 0 Å². The molecule has 3 aromatic heterocycles. The van der Waals surface area contributed by atoms with E-state index in [-0.39, 0.29) is 0 Å². The van der Waals surface area contributed by atoms with E-state index in [1.807, 2.05) is 42.6 Å². The Balaban J connectivity index is 0.000000207. The minimum Gasteiger partial charge on any atom is -0.382 e. The molecule has 7 nitrogen and oxygen atoms in total. The highest BCUT2D eigenvalue weighted by Crippen LogP contribution is 2.31. The van der Waals surface area contributed by atoms with Crippen LogP contribution in [0.1, 0.15) is 56.5 Å². The maximum Gasteiger partial charge on any atom is 0.150 e. The molecule has 0 spiro atoms. The number of anilines is 1. The van der Waals surface area contributed by atoms with Crippen molar-refractivity contribution >= 4 is 29.1 Å². The predicted molar refractivity (Wildman–Crippen MR) is 165 cm³/mol. The van der Waals surface area contributed by atoms with Gasteiger partial charge >= 0.3 is 0 Å². The Bertz CT molecular complexity index is 1450. The van der Waals surface area contributed by atoms with Crippen molar-refractivity contribution in [3.05, 3.63) is 84.2 Å². The summed E-state index contributed by atoms with van der Waals surface area (Å²) in [5, 5.41) is 0. The van der Waals surface area contributed by atoms with Gasteiger partial charge in [0.05, 0.1) is 30.3 Å². The van der Waals surface area contributed by atoms with E-state index in [0.29, 0.717) is 5.82 Å². The van der Waals surface area contributed by atoms with Gasteiger partial charge in [0.2, 0.25) is 0 Å². The summed E-state index contributed by atoms with van der Waals surface area (Å²) in [7, 11) is 0. The molecule has 2 N–H and O–H groups in total. The summed E-state index contributed by atoms with van der Waals surface area (Å²) in [5.74, 6) is 1.50. The van der Waals surface area contributed by atoms with Crippen molar-refractivity contribution in [2.45, 2.75) is 39.5 Å². The second kappa shape index (κ2) is 13.5. The molecule has 2 fully saturated rings. The number of nitrogen functional groups attached to an aromatic ring is 1. The van der Waals surface area contributed by atoms with Crippen LogP contribution in [0, 0.1) is 5.92 Å². The smallest absolute Gasteiger partial charge is 0.150 e. The lowest BCUT2D eigenvalue weighted by molar-refractivity contribution is 0.0241. The number of allylic oxidation sites excluding steroid dienone is 2. The Morgan fingerprint density at radius 1 is 1.00 bits per heavy atom. The van der Waals surface area contributed by atoms with Crippen LogP contribution in [-0.4, -0.2) is 57.1 Å². The first kappa shape index (κ1) is 27.7. The molecule has 1 saturated heterocycles. The van der Waals surface area contributed by atoms with E-state index in [1.54, 1.807) is 12.5 Å². The summed E-state index contributed by atoms with van der Waals surface area (Å²) < 4.78 is 7.20. The molecule has 3 aliphatic rings. The minimum absolute atomic E-state index is 0.477. The van der Waals surface area contributed by atoms with Gasteiger partial charge in [-0.1, -0.05) is 68.8 Å². The molecule has 1 aromatic carbocycles. The van der Waals surface area contributed by atoms with Crippen LogP contribution >= 0.6 is 0 Å². The fourth-order valence-corrected chi connectivity index (χ4v) is 5.25. The largest absolute Gasteiger partial charge is 0.382 e. The van der Waals surface area contributed by atoms with Crippen molar-refractivity contribution in [1.29, 1.82) is 0 Å². The molecule has 0 bridgehead atoms. The third-order valence-electron chi connectivity index (χ3n) is 7.60. The summed E-state index contributed by atoms with van der Waals surface area (Å²) >= 11 is 0. The number of fused-ring (bicyclic) bond motifs is 2. The summed E-state index contributed by atoms with van der Waals surface area (Å²) in [6, 6.07) is 14.4. The highest BCUT2D eigenvalue weighted by Gasteiger charge is 2.21. The lowest BCUT2D eigenvalue weighted by atomic mass is 9.85. The second-order valence-corrected chi connectivity index (χ2v) is 10.2. The van der Waals surface area contributed by atoms with Gasteiger partial charge in [0, 0.05) is 37.6 Å². The van der Waals surface area contributed by atoms with Crippen molar-refractivity contribution in [2.24, 2.45) is 5.92 Å². The molecule has 0 amide bonds. The average molecular weight is 537 g/mol. The van der Waals surface area contributed by atoms with E-state index in [9.17, 15) is 0 Å². The van der Waals surface area contributed by atoms with E-state index in [2.05, 4.69) is 57.4 Å². The SMILES string of the molecule is C1CC(CN2CCOCC2)C1.CC.Nc1nccn2cnc(C3=Cc4nc(-c5ccccc5)ccc4C=CC3)c12. The Morgan fingerprint density at radius 2 is 1.80 bits per heavy atom. The van der Waals surface area contributed by atoms with Crippen LogP contribution in [0.25, 0.3) is 34.5 Å². The zero-order valence-electron chi connectivity index (χ0n) is 23.7. The predicted octanol–water partition coefficient (Wildman–Crippen LogP) is 6.48. The van der Waals surface area contributed by atoms with Gasteiger partial charge in [0.25, 0.3) is 0 Å². The van der Waals surface area contributed by atoms with Crippen molar-refractivity contribution in [3.8, 4) is 11.3 Å². The number of pyridine rings is 1. The number of nitrogens with two attached hydrogens (primary N) is 1.